The van der Waals surface area contributed by atoms with E-state index in [1.165, 1.54) is 0 Å². The normalized spacial score (nSPS) is 16.2. The van der Waals surface area contributed by atoms with Gasteiger partial charge in [0.1, 0.15) is 0 Å². The largest absolute Gasteiger partial charge is 0.361 e. The van der Waals surface area contributed by atoms with Gasteiger partial charge in [-0.25, -0.2) is 4.79 Å². The molecule has 1 aliphatic rings. The highest BCUT2D eigenvalue weighted by Crippen LogP contribution is 2.30. The fourth-order valence-corrected chi connectivity index (χ4v) is 2.35. The van der Waals surface area contributed by atoms with Gasteiger partial charge in [-0.2, -0.15) is 0 Å². The summed E-state index contributed by atoms with van der Waals surface area (Å²) in [4.78, 5) is 27.8. The summed E-state index contributed by atoms with van der Waals surface area (Å²) in [7, 11) is 0. The second-order valence-corrected chi connectivity index (χ2v) is 4.43. The number of nitrogens with zero attached hydrogens (tertiary/aromatic N) is 1. The molecule has 1 aromatic carbocycles. The summed E-state index contributed by atoms with van der Waals surface area (Å²) >= 11 is 0. The van der Waals surface area contributed by atoms with E-state index >= 15 is 0 Å². The van der Waals surface area contributed by atoms with Crippen LogP contribution in [0.4, 0.5) is 10.5 Å². The number of nitrogens with one attached hydrogen (secondary N) is 2. The van der Waals surface area contributed by atoms with Gasteiger partial charge < -0.3 is 4.98 Å². The van der Waals surface area contributed by atoms with Crippen molar-refractivity contribution < 1.29 is 9.59 Å². The number of hydrogen-bond donors (Lipinski definition) is 2. The molecule has 0 bridgehead atoms. The van der Waals surface area contributed by atoms with E-state index in [-0.39, 0.29) is 11.9 Å². The Bertz CT molecular complexity index is 645. The molecule has 0 spiro atoms. The second kappa shape index (κ2) is 3.87. The van der Waals surface area contributed by atoms with Crippen molar-refractivity contribution in [2.45, 2.75) is 13.3 Å². The fraction of sp³-hybridized carbons (Fsp3) is 0.231. The first kappa shape index (κ1) is 10.8. The highest BCUT2D eigenvalue weighted by atomic mass is 16.2. The Hall–Kier alpha value is -2.30. The number of aryl methyl sites for hydroxylation is 1. The van der Waals surface area contributed by atoms with Crippen LogP contribution in [0.1, 0.15) is 12.0 Å². The van der Waals surface area contributed by atoms with Gasteiger partial charge in [-0.1, -0.05) is 6.07 Å². The van der Waals surface area contributed by atoms with Gasteiger partial charge in [0, 0.05) is 30.1 Å². The number of aromatic nitrogens is 1. The lowest BCUT2D eigenvalue weighted by molar-refractivity contribution is -0.120. The maximum absolute atomic E-state index is 11.9. The topological polar surface area (TPSA) is 65.2 Å². The Balaban J connectivity index is 2.11. The van der Waals surface area contributed by atoms with Gasteiger partial charge in [0.05, 0.1) is 5.69 Å². The van der Waals surface area contributed by atoms with Gasteiger partial charge >= 0.3 is 6.03 Å². The lowest BCUT2D eigenvalue weighted by atomic mass is 10.1. The van der Waals surface area contributed by atoms with Crippen LogP contribution in [-0.4, -0.2) is 23.5 Å². The Morgan fingerprint density at radius 3 is 2.89 bits per heavy atom. The van der Waals surface area contributed by atoms with Gasteiger partial charge in [-0.15, -0.1) is 0 Å². The number of H-pyrrole nitrogens is 1. The zero-order valence-electron chi connectivity index (χ0n) is 9.99. The number of amides is 3. The van der Waals surface area contributed by atoms with Crippen LogP contribution in [0.15, 0.2) is 24.4 Å². The quantitative estimate of drug-likeness (QED) is 0.803. The molecule has 2 N–H and O–H groups in total. The second-order valence-electron chi connectivity index (χ2n) is 4.43. The predicted molar refractivity (Wildman–Crippen MR) is 68.5 cm³/mol. The lowest BCUT2D eigenvalue weighted by Crippen LogP contribution is -2.49. The summed E-state index contributed by atoms with van der Waals surface area (Å²) in [6.45, 7) is 2.42. The SMILES string of the molecule is Cc1c[nH]c2cccc(N3CCC(=O)NC3=O)c12. The number of aromatic amines is 1. The molecule has 2 aromatic rings. The summed E-state index contributed by atoms with van der Waals surface area (Å²) in [6.07, 6.45) is 2.26. The minimum Gasteiger partial charge on any atom is -0.361 e. The zero-order valence-corrected chi connectivity index (χ0v) is 9.99. The zero-order chi connectivity index (χ0) is 12.7. The van der Waals surface area contributed by atoms with Crippen LogP contribution in [0, 0.1) is 6.92 Å². The molecule has 92 valence electrons. The van der Waals surface area contributed by atoms with E-state index in [0.717, 1.165) is 22.2 Å². The molecule has 0 radical (unpaired) electrons. The van der Waals surface area contributed by atoms with Crippen LogP contribution in [0.25, 0.3) is 10.9 Å². The van der Waals surface area contributed by atoms with Crippen molar-refractivity contribution in [3.63, 3.8) is 0 Å². The molecule has 2 heterocycles. The van der Waals surface area contributed by atoms with E-state index in [9.17, 15) is 9.59 Å². The first-order valence-electron chi connectivity index (χ1n) is 5.85. The molecule has 18 heavy (non-hydrogen) atoms. The third kappa shape index (κ3) is 1.55. The summed E-state index contributed by atoms with van der Waals surface area (Å²) in [5.74, 6) is -0.214. The monoisotopic (exact) mass is 243 g/mol. The molecule has 5 nitrogen and oxygen atoms in total. The van der Waals surface area contributed by atoms with Crippen molar-refractivity contribution in [3.8, 4) is 0 Å². The Morgan fingerprint density at radius 2 is 2.11 bits per heavy atom. The Morgan fingerprint density at radius 1 is 1.28 bits per heavy atom. The van der Waals surface area contributed by atoms with Crippen LogP contribution in [0.2, 0.25) is 0 Å². The molecule has 1 aliphatic heterocycles. The van der Waals surface area contributed by atoms with E-state index in [2.05, 4.69) is 10.3 Å². The molecular formula is C13H13N3O2. The number of urea groups is 1. The number of benzene rings is 1. The molecule has 1 aromatic heterocycles. The first-order chi connectivity index (χ1) is 8.66. The fourth-order valence-electron chi connectivity index (χ4n) is 2.35. The van der Waals surface area contributed by atoms with E-state index < -0.39 is 0 Å². The van der Waals surface area contributed by atoms with Crippen molar-refractivity contribution in [1.29, 1.82) is 0 Å². The van der Waals surface area contributed by atoms with Crippen LogP contribution in [0.3, 0.4) is 0 Å². The van der Waals surface area contributed by atoms with Crippen molar-refractivity contribution in [3.05, 3.63) is 30.0 Å². The molecule has 1 fully saturated rings. The number of carbonyl (C=O) groups excluding carboxylic acids is 2. The van der Waals surface area contributed by atoms with Gasteiger partial charge in [-0.05, 0) is 24.6 Å². The number of anilines is 1. The minimum absolute atomic E-state index is 0.214. The third-order valence-electron chi connectivity index (χ3n) is 3.23. The lowest BCUT2D eigenvalue weighted by Gasteiger charge is -2.27. The number of imide groups is 1. The van der Waals surface area contributed by atoms with Crippen LogP contribution in [-0.2, 0) is 4.79 Å². The summed E-state index contributed by atoms with van der Waals surface area (Å²) in [5, 5.41) is 3.37. The van der Waals surface area contributed by atoms with Crippen LogP contribution in [0.5, 0.6) is 0 Å². The average Bonchev–Trinajstić information content (AvgIpc) is 2.72. The molecule has 5 heteroatoms. The maximum atomic E-state index is 11.9. The summed E-state index contributed by atoms with van der Waals surface area (Å²) in [5.41, 5.74) is 2.93. The van der Waals surface area contributed by atoms with E-state index in [4.69, 9.17) is 0 Å². The molecule has 3 amide bonds. The molecule has 3 rings (SSSR count). The van der Waals surface area contributed by atoms with Gasteiger partial charge in [0.2, 0.25) is 5.91 Å². The standard InChI is InChI=1S/C13H13N3O2/c1-8-7-14-9-3-2-4-10(12(8)9)16-6-5-11(17)15-13(16)18/h2-4,7,14H,5-6H2,1H3,(H,15,17,18). The number of hydrogen-bond acceptors (Lipinski definition) is 2. The molecule has 0 aliphatic carbocycles. The third-order valence-corrected chi connectivity index (χ3v) is 3.23. The van der Waals surface area contributed by atoms with Gasteiger partial charge in [0.15, 0.2) is 0 Å². The predicted octanol–water partition coefficient (Wildman–Crippen LogP) is 1.92. The number of fused-ring (bicyclic) bond motifs is 1. The smallest absolute Gasteiger partial charge is 0.328 e. The minimum atomic E-state index is -0.348. The van der Waals surface area contributed by atoms with Gasteiger partial charge in [0.25, 0.3) is 0 Å². The summed E-state index contributed by atoms with van der Waals surface area (Å²) in [6, 6.07) is 5.42. The van der Waals surface area contributed by atoms with Crippen LogP contribution >= 0.6 is 0 Å². The molecule has 0 saturated carbocycles. The van der Waals surface area contributed by atoms with E-state index in [1.807, 2.05) is 31.3 Å². The highest BCUT2D eigenvalue weighted by molar-refractivity contribution is 6.10. The molecular weight excluding hydrogens is 230 g/mol. The number of rotatable bonds is 1. The highest BCUT2D eigenvalue weighted by Gasteiger charge is 2.25. The van der Waals surface area contributed by atoms with E-state index in [1.54, 1.807) is 4.90 Å². The summed E-state index contributed by atoms with van der Waals surface area (Å²) < 4.78 is 0. The molecule has 0 unspecified atom stereocenters. The Kier molecular flexibility index (Phi) is 2.33. The maximum Gasteiger partial charge on any atom is 0.328 e. The molecule has 0 atom stereocenters. The number of carbonyl (C=O) groups is 2. The van der Waals surface area contributed by atoms with Crippen molar-refractivity contribution in [2.75, 3.05) is 11.4 Å². The first-order valence-corrected chi connectivity index (χ1v) is 5.85. The van der Waals surface area contributed by atoms with Gasteiger partial charge in [-0.3, -0.25) is 15.0 Å². The molecule has 1 saturated heterocycles. The van der Waals surface area contributed by atoms with Crippen molar-refractivity contribution in [1.82, 2.24) is 10.3 Å². The van der Waals surface area contributed by atoms with Crippen molar-refractivity contribution >= 4 is 28.5 Å². The average molecular weight is 243 g/mol. The van der Waals surface area contributed by atoms with E-state index in [0.29, 0.717) is 13.0 Å². The Labute approximate surface area is 104 Å². The van der Waals surface area contributed by atoms with Crippen LogP contribution < -0.4 is 10.2 Å². The van der Waals surface area contributed by atoms with Crippen molar-refractivity contribution in [2.24, 2.45) is 0 Å².